The first-order valence-corrected chi connectivity index (χ1v) is 7.51. The van der Waals surface area contributed by atoms with Crippen LogP contribution in [0.15, 0.2) is 18.2 Å². The lowest BCUT2D eigenvalue weighted by Crippen LogP contribution is -2.43. The molecular formula is C15H21N3O3S. The van der Waals surface area contributed by atoms with Crippen molar-refractivity contribution in [2.45, 2.75) is 19.0 Å². The molecule has 0 aliphatic rings. The fourth-order valence-corrected chi connectivity index (χ4v) is 2.55. The third-order valence-electron chi connectivity index (χ3n) is 3.23. The summed E-state index contributed by atoms with van der Waals surface area (Å²) in [6, 6.07) is 6.83. The van der Waals surface area contributed by atoms with Crippen LogP contribution >= 0.6 is 12.6 Å². The number of carbonyl (C=O) groups is 1. The molecule has 2 N–H and O–H groups in total. The molecule has 0 fully saturated rings. The van der Waals surface area contributed by atoms with E-state index in [9.17, 15) is 9.90 Å². The fourth-order valence-electron chi connectivity index (χ4n) is 2.20. The van der Waals surface area contributed by atoms with Gasteiger partial charge in [-0.05, 0) is 24.7 Å². The molecule has 0 aromatic heterocycles. The zero-order chi connectivity index (χ0) is 16.5. The number of hydrogen-bond donors (Lipinski definition) is 3. The van der Waals surface area contributed by atoms with E-state index < -0.39 is 12.0 Å². The van der Waals surface area contributed by atoms with Gasteiger partial charge in [-0.2, -0.15) is 17.9 Å². The van der Waals surface area contributed by atoms with Crippen LogP contribution < -0.4 is 15.0 Å². The molecule has 0 saturated heterocycles. The Labute approximate surface area is 136 Å². The van der Waals surface area contributed by atoms with Crippen molar-refractivity contribution in [2.75, 3.05) is 31.4 Å². The summed E-state index contributed by atoms with van der Waals surface area (Å²) in [6.07, 6.45) is 0.219. The summed E-state index contributed by atoms with van der Waals surface area (Å²) < 4.78 is 5.35. The van der Waals surface area contributed by atoms with Crippen LogP contribution in [0.2, 0.25) is 0 Å². The van der Waals surface area contributed by atoms with Gasteiger partial charge in [-0.15, -0.1) is 0 Å². The van der Waals surface area contributed by atoms with Gasteiger partial charge in [0.05, 0.1) is 25.3 Å². The highest BCUT2D eigenvalue weighted by Crippen LogP contribution is 2.31. The Bertz CT molecular complexity index is 545. The van der Waals surface area contributed by atoms with Gasteiger partial charge in [-0.3, -0.25) is 0 Å². The van der Waals surface area contributed by atoms with Crippen molar-refractivity contribution in [3.05, 3.63) is 23.8 Å². The van der Waals surface area contributed by atoms with Crippen LogP contribution in [0.3, 0.4) is 0 Å². The molecule has 6 nitrogen and oxygen atoms in total. The topological polar surface area (TPSA) is 85.6 Å². The molecule has 0 bridgehead atoms. The largest absolute Gasteiger partial charge is 0.495 e. The number of nitriles is 1. The Morgan fingerprint density at radius 2 is 2.32 bits per heavy atom. The van der Waals surface area contributed by atoms with E-state index in [0.717, 1.165) is 5.56 Å². The second kappa shape index (κ2) is 9.18. The molecule has 0 spiro atoms. The number of anilines is 1. The van der Waals surface area contributed by atoms with Crippen molar-refractivity contribution in [1.29, 1.82) is 5.26 Å². The number of methoxy groups -OCH3 is 1. The molecule has 1 rings (SSSR count). The number of benzene rings is 1. The van der Waals surface area contributed by atoms with Gasteiger partial charge in [0.25, 0.3) is 0 Å². The van der Waals surface area contributed by atoms with E-state index in [-0.39, 0.29) is 12.2 Å². The Morgan fingerprint density at radius 3 is 2.82 bits per heavy atom. The lowest BCUT2D eigenvalue weighted by molar-refractivity contribution is -0.138. The van der Waals surface area contributed by atoms with E-state index in [2.05, 4.69) is 24.0 Å². The number of thiol groups is 1. The lowest BCUT2D eigenvalue weighted by Gasteiger charge is -2.31. The summed E-state index contributed by atoms with van der Waals surface area (Å²) >= 11 is 4.14. The lowest BCUT2D eigenvalue weighted by atomic mass is 10.1. The van der Waals surface area contributed by atoms with E-state index in [1.54, 1.807) is 11.0 Å². The number of rotatable bonds is 9. The Morgan fingerprint density at radius 1 is 1.59 bits per heavy atom. The van der Waals surface area contributed by atoms with Crippen LogP contribution in [0.1, 0.15) is 12.0 Å². The van der Waals surface area contributed by atoms with Gasteiger partial charge < -0.3 is 20.1 Å². The highest BCUT2D eigenvalue weighted by atomic mass is 32.1. The van der Waals surface area contributed by atoms with Crippen LogP contribution in [0.4, 0.5) is 5.69 Å². The minimum atomic E-state index is -0.978. The van der Waals surface area contributed by atoms with Crippen molar-refractivity contribution < 1.29 is 14.6 Å². The summed E-state index contributed by atoms with van der Waals surface area (Å²) in [6.45, 7) is 0.953. The van der Waals surface area contributed by atoms with Gasteiger partial charge in [-0.25, -0.2) is 4.79 Å². The normalized spacial score (nSPS) is 11.5. The average molecular weight is 323 g/mol. The average Bonchev–Trinajstić information content (AvgIpc) is 2.51. The van der Waals surface area contributed by atoms with Crippen molar-refractivity contribution in [2.24, 2.45) is 0 Å². The number of aliphatic carboxylic acids is 1. The van der Waals surface area contributed by atoms with Crippen LogP contribution in [0, 0.1) is 11.3 Å². The van der Waals surface area contributed by atoms with E-state index in [1.165, 1.54) is 7.11 Å². The van der Waals surface area contributed by atoms with Crippen LogP contribution in [0.5, 0.6) is 5.75 Å². The van der Waals surface area contributed by atoms with Gasteiger partial charge in [0.1, 0.15) is 11.8 Å². The number of ether oxygens (including phenoxy) is 1. The Balaban J connectivity index is 3.29. The highest BCUT2D eigenvalue weighted by molar-refractivity contribution is 7.80. The van der Waals surface area contributed by atoms with E-state index in [4.69, 9.17) is 10.00 Å². The van der Waals surface area contributed by atoms with E-state index in [1.807, 2.05) is 19.2 Å². The molecule has 1 aromatic carbocycles. The summed E-state index contributed by atoms with van der Waals surface area (Å²) in [5, 5.41) is 21.3. The molecule has 1 aromatic rings. The highest BCUT2D eigenvalue weighted by Gasteiger charge is 2.26. The zero-order valence-corrected chi connectivity index (χ0v) is 13.6. The first-order chi connectivity index (χ1) is 10.6. The standard InChI is InChI=1S/C15H21N3O3S/c1-17-9-11-4-5-14(21-2)12(8-11)18(7-3-6-16)13(10-22)15(19)20/h4-5,8,13,17,22H,3,7,9-10H2,1-2H3,(H,19,20). The molecule has 0 aliphatic heterocycles. The van der Waals surface area contributed by atoms with Crippen molar-refractivity contribution in [3.8, 4) is 11.8 Å². The minimum Gasteiger partial charge on any atom is -0.495 e. The number of nitrogens with zero attached hydrogens (tertiary/aromatic N) is 2. The van der Waals surface area contributed by atoms with Crippen molar-refractivity contribution >= 4 is 24.3 Å². The summed E-state index contributed by atoms with van der Waals surface area (Å²) in [5.41, 5.74) is 1.66. The fraction of sp³-hybridized carbons (Fsp3) is 0.467. The smallest absolute Gasteiger partial charge is 0.327 e. The van der Waals surface area contributed by atoms with Gasteiger partial charge in [0, 0.05) is 18.8 Å². The summed E-state index contributed by atoms with van der Waals surface area (Å²) in [5.74, 6) is -0.264. The predicted molar refractivity (Wildman–Crippen MR) is 88.6 cm³/mol. The molecular weight excluding hydrogens is 302 g/mol. The monoisotopic (exact) mass is 323 g/mol. The number of hydrogen-bond acceptors (Lipinski definition) is 6. The molecule has 120 valence electrons. The predicted octanol–water partition coefficient (Wildman–Crippen LogP) is 1.52. The molecule has 22 heavy (non-hydrogen) atoms. The second-order valence-corrected chi connectivity index (χ2v) is 5.04. The SMILES string of the molecule is CNCc1ccc(OC)c(N(CCC#N)C(CS)C(=O)O)c1. The molecule has 0 heterocycles. The molecule has 1 atom stereocenters. The maximum atomic E-state index is 11.5. The zero-order valence-electron chi connectivity index (χ0n) is 12.7. The van der Waals surface area contributed by atoms with E-state index in [0.29, 0.717) is 24.5 Å². The summed E-state index contributed by atoms with van der Waals surface area (Å²) in [7, 11) is 3.38. The van der Waals surface area contributed by atoms with Crippen LogP contribution in [-0.4, -0.2) is 43.6 Å². The maximum Gasteiger partial charge on any atom is 0.327 e. The molecule has 1 unspecified atom stereocenters. The maximum absolute atomic E-state index is 11.5. The van der Waals surface area contributed by atoms with Crippen LogP contribution in [0.25, 0.3) is 0 Å². The van der Waals surface area contributed by atoms with E-state index >= 15 is 0 Å². The van der Waals surface area contributed by atoms with Gasteiger partial charge in [0.15, 0.2) is 0 Å². The molecule has 0 radical (unpaired) electrons. The van der Waals surface area contributed by atoms with Gasteiger partial charge >= 0.3 is 5.97 Å². The number of carboxylic acid groups (broad SMARTS) is 1. The minimum absolute atomic E-state index is 0.139. The van der Waals surface area contributed by atoms with Crippen molar-refractivity contribution in [1.82, 2.24) is 5.32 Å². The number of carboxylic acids is 1. The first kappa shape index (κ1) is 18.1. The number of nitrogens with one attached hydrogen (secondary N) is 1. The molecule has 0 aliphatic carbocycles. The van der Waals surface area contributed by atoms with Crippen LogP contribution in [-0.2, 0) is 11.3 Å². The Hall–Kier alpha value is -1.91. The quantitative estimate of drug-likeness (QED) is 0.598. The first-order valence-electron chi connectivity index (χ1n) is 6.87. The second-order valence-electron chi connectivity index (χ2n) is 4.67. The molecule has 0 amide bonds. The third kappa shape index (κ3) is 4.55. The summed E-state index contributed by atoms with van der Waals surface area (Å²) in [4.78, 5) is 13.2. The van der Waals surface area contributed by atoms with Gasteiger partial charge in [0.2, 0.25) is 0 Å². The molecule has 7 heteroatoms. The third-order valence-corrected chi connectivity index (χ3v) is 3.58. The van der Waals surface area contributed by atoms with Crippen molar-refractivity contribution in [3.63, 3.8) is 0 Å². The van der Waals surface area contributed by atoms with Gasteiger partial charge in [-0.1, -0.05) is 6.07 Å². The molecule has 0 saturated carbocycles. The Kier molecular flexibility index (Phi) is 7.57.